The highest BCUT2D eigenvalue weighted by Gasteiger charge is 2.32. The first kappa shape index (κ1) is 13.8. The van der Waals surface area contributed by atoms with Crippen LogP contribution in [0, 0.1) is 11.3 Å². The molecule has 2 aliphatic rings. The summed E-state index contributed by atoms with van der Waals surface area (Å²) in [5, 5.41) is 6.65. The van der Waals surface area contributed by atoms with Gasteiger partial charge in [-0.3, -0.25) is 4.79 Å². The standard InChI is InChI=1S/C14H26N2O2/c1-14(2)6-3-7-15-12(14)10-16-13(17)11-4-8-18-9-5-11/h11-12,15H,3-10H2,1-2H3,(H,16,17). The third kappa shape index (κ3) is 3.45. The van der Waals surface area contributed by atoms with Gasteiger partial charge in [0.05, 0.1) is 0 Å². The zero-order chi connectivity index (χ0) is 13.0. The Morgan fingerprint density at radius 3 is 2.78 bits per heavy atom. The van der Waals surface area contributed by atoms with Crippen LogP contribution in [0.4, 0.5) is 0 Å². The maximum Gasteiger partial charge on any atom is 0.223 e. The predicted molar refractivity (Wildman–Crippen MR) is 71.4 cm³/mol. The highest BCUT2D eigenvalue weighted by molar-refractivity contribution is 5.78. The van der Waals surface area contributed by atoms with Crippen molar-refractivity contribution in [1.82, 2.24) is 10.6 Å². The van der Waals surface area contributed by atoms with Crippen LogP contribution in [0.1, 0.15) is 39.5 Å². The smallest absolute Gasteiger partial charge is 0.223 e. The van der Waals surface area contributed by atoms with Crippen molar-refractivity contribution < 1.29 is 9.53 Å². The molecule has 104 valence electrons. The van der Waals surface area contributed by atoms with Gasteiger partial charge in [-0.1, -0.05) is 13.8 Å². The van der Waals surface area contributed by atoms with Crippen LogP contribution in [-0.2, 0) is 9.53 Å². The fourth-order valence-corrected chi connectivity index (χ4v) is 2.93. The molecule has 2 N–H and O–H groups in total. The normalized spacial score (nSPS) is 28.9. The van der Waals surface area contributed by atoms with Gasteiger partial charge in [-0.05, 0) is 37.6 Å². The Hall–Kier alpha value is -0.610. The molecular formula is C14H26N2O2. The molecule has 2 saturated heterocycles. The van der Waals surface area contributed by atoms with Crippen molar-refractivity contribution in [2.75, 3.05) is 26.3 Å². The van der Waals surface area contributed by atoms with E-state index in [4.69, 9.17) is 4.74 Å². The van der Waals surface area contributed by atoms with E-state index in [1.165, 1.54) is 12.8 Å². The molecule has 0 saturated carbocycles. The first-order chi connectivity index (χ1) is 8.59. The Balaban J connectivity index is 1.77. The lowest BCUT2D eigenvalue weighted by molar-refractivity contribution is -0.128. The Morgan fingerprint density at radius 1 is 1.39 bits per heavy atom. The minimum Gasteiger partial charge on any atom is -0.381 e. The van der Waals surface area contributed by atoms with Crippen LogP contribution >= 0.6 is 0 Å². The fourth-order valence-electron chi connectivity index (χ4n) is 2.93. The summed E-state index contributed by atoms with van der Waals surface area (Å²) in [4.78, 5) is 12.1. The lowest BCUT2D eigenvalue weighted by atomic mass is 9.77. The molecule has 0 aromatic rings. The Morgan fingerprint density at radius 2 is 2.11 bits per heavy atom. The molecular weight excluding hydrogens is 228 g/mol. The summed E-state index contributed by atoms with van der Waals surface area (Å²) in [7, 11) is 0. The SMILES string of the molecule is CC1(C)CCCNC1CNC(=O)C1CCOCC1. The van der Waals surface area contributed by atoms with Crippen LogP contribution < -0.4 is 10.6 Å². The summed E-state index contributed by atoms with van der Waals surface area (Å²) in [5.74, 6) is 0.368. The summed E-state index contributed by atoms with van der Waals surface area (Å²) in [6.07, 6.45) is 4.20. The zero-order valence-electron chi connectivity index (χ0n) is 11.6. The quantitative estimate of drug-likeness (QED) is 0.798. The van der Waals surface area contributed by atoms with E-state index in [2.05, 4.69) is 24.5 Å². The van der Waals surface area contributed by atoms with Gasteiger partial charge in [0.2, 0.25) is 5.91 Å². The zero-order valence-corrected chi connectivity index (χ0v) is 11.6. The molecule has 2 heterocycles. The first-order valence-electron chi connectivity index (χ1n) is 7.18. The Labute approximate surface area is 110 Å². The molecule has 4 heteroatoms. The molecule has 0 aromatic heterocycles. The molecule has 1 unspecified atom stereocenters. The highest BCUT2D eigenvalue weighted by Crippen LogP contribution is 2.29. The number of rotatable bonds is 3. The summed E-state index contributed by atoms with van der Waals surface area (Å²) < 4.78 is 5.29. The lowest BCUT2D eigenvalue weighted by Gasteiger charge is -2.39. The third-order valence-electron chi connectivity index (χ3n) is 4.40. The van der Waals surface area contributed by atoms with Crippen LogP contribution in [-0.4, -0.2) is 38.3 Å². The number of amides is 1. The number of ether oxygens (including phenoxy) is 1. The van der Waals surface area contributed by atoms with Gasteiger partial charge in [0, 0.05) is 31.7 Å². The predicted octanol–water partition coefficient (Wildman–Crippen LogP) is 1.31. The number of piperidine rings is 1. The molecule has 1 amide bonds. The van der Waals surface area contributed by atoms with Crippen LogP contribution in [0.15, 0.2) is 0 Å². The first-order valence-corrected chi connectivity index (χ1v) is 7.18. The maximum atomic E-state index is 12.1. The molecule has 0 spiro atoms. The molecule has 1 atom stereocenters. The number of carbonyl (C=O) groups excluding carboxylic acids is 1. The number of carbonyl (C=O) groups is 1. The highest BCUT2D eigenvalue weighted by atomic mass is 16.5. The number of hydrogen-bond acceptors (Lipinski definition) is 3. The van der Waals surface area contributed by atoms with E-state index in [0.717, 1.165) is 39.1 Å². The van der Waals surface area contributed by atoms with Gasteiger partial charge in [0.25, 0.3) is 0 Å². The van der Waals surface area contributed by atoms with Crippen LogP contribution in [0.5, 0.6) is 0 Å². The molecule has 4 nitrogen and oxygen atoms in total. The van der Waals surface area contributed by atoms with Crippen molar-refractivity contribution in [3.05, 3.63) is 0 Å². The summed E-state index contributed by atoms with van der Waals surface area (Å²) in [6.45, 7) is 7.84. The van der Waals surface area contributed by atoms with Gasteiger partial charge in [0.15, 0.2) is 0 Å². The van der Waals surface area contributed by atoms with Crippen molar-refractivity contribution in [3.63, 3.8) is 0 Å². The molecule has 2 fully saturated rings. The molecule has 0 aliphatic carbocycles. The lowest BCUT2D eigenvalue weighted by Crippen LogP contribution is -2.53. The van der Waals surface area contributed by atoms with Gasteiger partial charge in [-0.2, -0.15) is 0 Å². The molecule has 0 bridgehead atoms. The second-order valence-electron chi connectivity index (χ2n) is 6.23. The fraction of sp³-hybridized carbons (Fsp3) is 0.929. The van der Waals surface area contributed by atoms with E-state index in [1.807, 2.05) is 0 Å². The number of hydrogen-bond donors (Lipinski definition) is 2. The van der Waals surface area contributed by atoms with Gasteiger partial charge in [0.1, 0.15) is 0 Å². The average molecular weight is 254 g/mol. The van der Waals surface area contributed by atoms with E-state index in [0.29, 0.717) is 6.04 Å². The van der Waals surface area contributed by atoms with Crippen molar-refractivity contribution in [2.24, 2.45) is 11.3 Å². The monoisotopic (exact) mass is 254 g/mol. The van der Waals surface area contributed by atoms with E-state index in [1.54, 1.807) is 0 Å². The van der Waals surface area contributed by atoms with E-state index < -0.39 is 0 Å². The van der Waals surface area contributed by atoms with E-state index in [9.17, 15) is 4.79 Å². The van der Waals surface area contributed by atoms with Crippen molar-refractivity contribution in [2.45, 2.75) is 45.6 Å². The molecule has 18 heavy (non-hydrogen) atoms. The minimum absolute atomic E-state index is 0.158. The average Bonchev–Trinajstić information content (AvgIpc) is 2.38. The third-order valence-corrected chi connectivity index (χ3v) is 4.40. The summed E-state index contributed by atoms with van der Waals surface area (Å²) in [5.41, 5.74) is 0.279. The van der Waals surface area contributed by atoms with Crippen molar-refractivity contribution in [1.29, 1.82) is 0 Å². The van der Waals surface area contributed by atoms with Crippen molar-refractivity contribution >= 4 is 5.91 Å². The van der Waals surface area contributed by atoms with Gasteiger partial charge >= 0.3 is 0 Å². The molecule has 0 aromatic carbocycles. The second-order valence-corrected chi connectivity index (χ2v) is 6.23. The topological polar surface area (TPSA) is 50.4 Å². The molecule has 2 rings (SSSR count). The van der Waals surface area contributed by atoms with Crippen LogP contribution in [0.3, 0.4) is 0 Å². The van der Waals surface area contributed by atoms with Crippen LogP contribution in [0.2, 0.25) is 0 Å². The second kappa shape index (κ2) is 6.02. The van der Waals surface area contributed by atoms with Crippen molar-refractivity contribution in [3.8, 4) is 0 Å². The van der Waals surface area contributed by atoms with Gasteiger partial charge in [-0.25, -0.2) is 0 Å². The molecule has 2 aliphatic heterocycles. The van der Waals surface area contributed by atoms with Crippen LogP contribution in [0.25, 0.3) is 0 Å². The molecule has 0 radical (unpaired) electrons. The maximum absolute atomic E-state index is 12.1. The summed E-state index contributed by atoms with van der Waals surface area (Å²) in [6, 6.07) is 0.398. The summed E-state index contributed by atoms with van der Waals surface area (Å²) >= 11 is 0. The minimum atomic E-state index is 0.158. The van der Waals surface area contributed by atoms with Gasteiger partial charge < -0.3 is 15.4 Å². The largest absolute Gasteiger partial charge is 0.381 e. The van der Waals surface area contributed by atoms with Gasteiger partial charge in [-0.15, -0.1) is 0 Å². The van der Waals surface area contributed by atoms with E-state index in [-0.39, 0.29) is 17.2 Å². The Kier molecular flexibility index (Phi) is 4.62. The number of nitrogens with one attached hydrogen (secondary N) is 2. The van der Waals surface area contributed by atoms with E-state index >= 15 is 0 Å². The Bertz CT molecular complexity index is 286.